The van der Waals surface area contributed by atoms with E-state index >= 15 is 0 Å². The average molecular weight is 252 g/mol. The van der Waals surface area contributed by atoms with E-state index < -0.39 is 0 Å². The fourth-order valence-corrected chi connectivity index (χ4v) is 3.31. The molecule has 2 aliphatic rings. The van der Waals surface area contributed by atoms with Crippen LogP contribution in [-0.4, -0.2) is 37.5 Å². The van der Waals surface area contributed by atoms with E-state index in [0.29, 0.717) is 23.8 Å². The summed E-state index contributed by atoms with van der Waals surface area (Å²) < 4.78 is 0. The Morgan fingerprint density at radius 1 is 1.22 bits per heavy atom. The van der Waals surface area contributed by atoms with Gasteiger partial charge in [-0.1, -0.05) is 13.8 Å². The van der Waals surface area contributed by atoms with Crippen LogP contribution in [0.1, 0.15) is 39.5 Å². The zero-order valence-corrected chi connectivity index (χ0v) is 12.3. The number of nitrogens with zero attached hydrogens (tertiary/aromatic N) is 1. The molecule has 3 unspecified atom stereocenters. The smallest absolute Gasteiger partial charge is 0.223 e. The van der Waals surface area contributed by atoms with Gasteiger partial charge in [-0.15, -0.1) is 0 Å². The van der Waals surface area contributed by atoms with E-state index in [-0.39, 0.29) is 0 Å². The summed E-state index contributed by atoms with van der Waals surface area (Å²) in [4.78, 5) is 14.3. The number of hydrogen-bond acceptors (Lipinski definition) is 2. The number of likely N-dealkylation sites (N-methyl/N-ethyl adjacent to an activating group) is 1. The van der Waals surface area contributed by atoms with Crippen molar-refractivity contribution in [2.45, 2.75) is 45.6 Å². The summed E-state index contributed by atoms with van der Waals surface area (Å²) in [5, 5.41) is 3.17. The van der Waals surface area contributed by atoms with Gasteiger partial charge < -0.3 is 10.2 Å². The van der Waals surface area contributed by atoms with E-state index in [1.54, 1.807) is 0 Å². The van der Waals surface area contributed by atoms with Crippen molar-refractivity contribution in [2.75, 3.05) is 20.6 Å². The van der Waals surface area contributed by atoms with Crippen molar-refractivity contribution in [3.05, 3.63) is 0 Å². The molecular weight excluding hydrogens is 224 g/mol. The largest absolute Gasteiger partial charge is 0.354 e. The second-order valence-corrected chi connectivity index (χ2v) is 6.92. The Morgan fingerprint density at radius 3 is 2.33 bits per heavy atom. The monoisotopic (exact) mass is 252 g/mol. The number of hydrogen-bond donors (Lipinski definition) is 1. The van der Waals surface area contributed by atoms with Gasteiger partial charge in [0.15, 0.2) is 0 Å². The molecule has 0 heterocycles. The van der Waals surface area contributed by atoms with Gasteiger partial charge in [-0.25, -0.2) is 0 Å². The molecule has 3 heteroatoms. The Morgan fingerprint density at radius 2 is 1.83 bits per heavy atom. The number of carbonyl (C=O) groups is 1. The Labute approximate surface area is 111 Å². The maximum absolute atomic E-state index is 12.1. The van der Waals surface area contributed by atoms with Gasteiger partial charge in [0.05, 0.1) is 0 Å². The highest BCUT2D eigenvalue weighted by atomic mass is 16.1. The third kappa shape index (κ3) is 3.47. The first-order chi connectivity index (χ1) is 8.47. The van der Waals surface area contributed by atoms with Gasteiger partial charge >= 0.3 is 0 Å². The quantitative estimate of drug-likeness (QED) is 0.785. The first kappa shape index (κ1) is 13.9. The summed E-state index contributed by atoms with van der Waals surface area (Å²) in [5.41, 5.74) is 0. The van der Waals surface area contributed by atoms with Crippen LogP contribution in [0.25, 0.3) is 0 Å². The van der Waals surface area contributed by atoms with E-state index in [9.17, 15) is 4.79 Å². The molecule has 0 radical (unpaired) electrons. The molecular formula is C15H28N2O. The summed E-state index contributed by atoms with van der Waals surface area (Å²) in [7, 11) is 4.20. The van der Waals surface area contributed by atoms with Crippen LogP contribution in [0.3, 0.4) is 0 Å². The molecule has 3 nitrogen and oxygen atoms in total. The molecule has 0 aromatic heterocycles. The van der Waals surface area contributed by atoms with Gasteiger partial charge in [-0.2, -0.15) is 0 Å². The van der Waals surface area contributed by atoms with Crippen LogP contribution in [0.5, 0.6) is 0 Å². The van der Waals surface area contributed by atoms with Gasteiger partial charge in [0.1, 0.15) is 0 Å². The van der Waals surface area contributed by atoms with Crippen LogP contribution in [0.15, 0.2) is 0 Å². The van der Waals surface area contributed by atoms with E-state index in [1.165, 1.54) is 6.42 Å². The average Bonchev–Trinajstić information content (AvgIpc) is 2.90. The molecule has 2 aliphatic carbocycles. The highest BCUT2D eigenvalue weighted by molar-refractivity contribution is 5.79. The summed E-state index contributed by atoms with van der Waals surface area (Å²) in [6.45, 7) is 5.28. The molecule has 0 aliphatic heterocycles. The van der Waals surface area contributed by atoms with Crippen molar-refractivity contribution in [1.29, 1.82) is 0 Å². The zero-order valence-electron chi connectivity index (χ0n) is 12.3. The van der Waals surface area contributed by atoms with Crippen LogP contribution in [0.2, 0.25) is 0 Å². The van der Waals surface area contributed by atoms with Crippen molar-refractivity contribution in [3.63, 3.8) is 0 Å². The molecule has 104 valence electrons. The maximum atomic E-state index is 12.1. The van der Waals surface area contributed by atoms with Crippen molar-refractivity contribution in [2.24, 2.45) is 23.7 Å². The number of amides is 1. The lowest BCUT2D eigenvalue weighted by Crippen LogP contribution is -2.42. The van der Waals surface area contributed by atoms with E-state index in [1.807, 2.05) is 0 Å². The van der Waals surface area contributed by atoms with Crippen molar-refractivity contribution >= 4 is 5.91 Å². The maximum Gasteiger partial charge on any atom is 0.223 e. The fraction of sp³-hybridized carbons (Fsp3) is 0.933. The minimum atomic E-state index is 0.304. The molecule has 18 heavy (non-hydrogen) atoms. The Balaban J connectivity index is 1.72. The van der Waals surface area contributed by atoms with Crippen LogP contribution in [-0.2, 0) is 4.79 Å². The minimum Gasteiger partial charge on any atom is -0.354 e. The predicted molar refractivity (Wildman–Crippen MR) is 74.3 cm³/mol. The van der Waals surface area contributed by atoms with Crippen LogP contribution in [0.4, 0.5) is 0 Å². The summed E-state index contributed by atoms with van der Waals surface area (Å²) in [6.07, 6.45) is 4.82. The van der Waals surface area contributed by atoms with Gasteiger partial charge in [0.25, 0.3) is 0 Å². The third-order valence-corrected chi connectivity index (χ3v) is 4.60. The standard InChI is InChI=1S/C15H28N2O/c1-10(2)5-14(17(3)4)9-16-15(18)13-7-11-6-12(11)8-13/h10-14H,5-9H2,1-4H3,(H,16,18). The lowest BCUT2D eigenvalue weighted by atomic mass is 10.0. The zero-order chi connectivity index (χ0) is 13.3. The normalized spacial score (nSPS) is 31.6. The SMILES string of the molecule is CC(C)CC(CNC(=O)C1CC2CC2C1)N(C)C. The fourth-order valence-electron chi connectivity index (χ4n) is 3.31. The molecule has 0 spiro atoms. The lowest BCUT2D eigenvalue weighted by Gasteiger charge is -2.27. The molecule has 2 rings (SSSR count). The Hall–Kier alpha value is -0.570. The first-order valence-corrected chi connectivity index (χ1v) is 7.41. The topological polar surface area (TPSA) is 32.3 Å². The van der Waals surface area contributed by atoms with E-state index in [2.05, 4.69) is 38.2 Å². The minimum absolute atomic E-state index is 0.304. The number of rotatable bonds is 6. The lowest BCUT2D eigenvalue weighted by molar-refractivity contribution is -0.125. The van der Waals surface area contributed by atoms with Crippen LogP contribution in [0, 0.1) is 23.7 Å². The molecule has 2 saturated carbocycles. The Kier molecular flexibility index (Phi) is 4.31. The van der Waals surface area contributed by atoms with Crippen molar-refractivity contribution in [3.8, 4) is 0 Å². The molecule has 1 N–H and O–H groups in total. The third-order valence-electron chi connectivity index (χ3n) is 4.60. The molecule has 0 aromatic carbocycles. The number of fused-ring (bicyclic) bond motifs is 1. The molecule has 0 saturated heterocycles. The van der Waals surface area contributed by atoms with Crippen molar-refractivity contribution in [1.82, 2.24) is 10.2 Å². The van der Waals surface area contributed by atoms with Crippen LogP contribution >= 0.6 is 0 Å². The van der Waals surface area contributed by atoms with Gasteiger partial charge in [-0.05, 0) is 57.5 Å². The highest BCUT2D eigenvalue weighted by Gasteiger charge is 2.47. The molecule has 0 bridgehead atoms. The van der Waals surface area contributed by atoms with Gasteiger partial charge in [0.2, 0.25) is 5.91 Å². The molecule has 1 amide bonds. The first-order valence-electron chi connectivity index (χ1n) is 7.41. The predicted octanol–water partition coefficient (Wildman–Crippen LogP) is 2.12. The Bertz CT molecular complexity index is 291. The van der Waals surface area contributed by atoms with E-state index in [0.717, 1.165) is 37.6 Å². The molecule has 2 fully saturated rings. The molecule has 3 atom stereocenters. The van der Waals surface area contributed by atoms with Crippen LogP contribution < -0.4 is 5.32 Å². The number of carbonyl (C=O) groups excluding carboxylic acids is 1. The van der Waals surface area contributed by atoms with E-state index in [4.69, 9.17) is 0 Å². The highest BCUT2D eigenvalue weighted by Crippen LogP contribution is 2.54. The van der Waals surface area contributed by atoms with Gasteiger partial charge in [-0.3, -0.25) is 4.79 Å². The summed E-state index contributed by atoms with van der Waals surface area (Å²) in [6, 6.07) is 0.463. The summed E-state index contributed by atoms with van der Waals surface area (Å²) >= 11 is 0. The molecule has 0 aromatic rings. The summed E-state index contributed by atoms with van der Waals surface area (Å²) in [5.74, 6) is 3.07. The second kappa shape index (κ2) is 5.60. The van der Waals surface area contributed by atoms with Gasteiger partial charge in [0, 0.05) is 18.5 Å². The number of nitrogens with one attached hydrogen (secondary N) is 1. The van der Waals surface area contributed by atoms with Crippen molar-refractivity contribution < 1.29 is 4.79 Å². The second-order valence-electron chi connectivity index (χ2n) is 6.92.